The molecular formula is C34H40FNO5. The van der Waals surface area contributed by atoms with Gasteiger partial charge in [-0.3, -0.25) is 4.79 Å². The van der Waals surface area contributed by atoms with Crippen LogP contribution in [0.25, 0.3) is 0 Å². The SMILES string of the molecule is C[C@H]1CCC[C@]2(C)C[C@H]3OC(=O)[C@H](CN4CC[C@H](c5ccc(F)cc5)[C@H](COc5ccc6c(c5)OCO6)C4)[C@H]3C=C12. The average Bonchev–Trinajstić information content (AvgIpc) is 3.54. The van der Waals surface area contributed by atoms with Gasteiger partial charge in [-0.25, -0.2) is 4.39 Å². The van der Waals surface area contributed by atoms with Crippen LogP contribution in [0, 0.1) is 34.9 Å². The highest BCUT2D eigenvalue weighted by molar-refractivity contribution is 5.76. The molecule has 0 spiro atoms. The Kier molecular flexibility index (Phi) is 6.96. The summed E-state index contributed by atoms with van der Waals surface area (Å²) < 4.78 is 37.1. The van der Waals surface area contributed by atoms with Crippen molar-refractivity contribution in [2.45, 2.75) is 58.0 Å². The molecule has 7 heteroatoms. The van der Waals surface area contributed by atoms with Crippen molar-refractivity contribution in [3.8, 4) is 17.2 Å². The summed E-state index contributed by atoms with van der Waals surface area (Å²) in [5.41, 5.74) is 2.85. The van der Waals surface area contributed by atoms with Crippen molar-refractivity contribution in [2.75, 3.05) is 33.0 Å². The summed E-state index contributed by atoms with van der Waals surface area (Å²) in [6.07, 6.45) is 7.99. The summed E-state index contributed by atoms with van der Waals surface area (Å²) in [6, 6.07) is 12.6. The molecule has 6 nitrogen and oxygen atoms in total. The van der Waals surface area contributed by atoms with E-state index in [0.717, 1.165) is 43.0 Å². The highest BCUT2D eigenvalue weighted by Crippen LogP contribution is 2.54. The number of piperidine rings is 1. The van der Waals surface area contributed by atoms with Gasteiger partial charge in [-0.1, -0.05) is 44.1 Å². The van der Waals surface area contributed by atoms with E-state index in [2.05, 4.69) is 24.8 Å². The van der Waals surface area contributed by atoms with Gasteiger partial charge in [-0.2, -0.15) is 0 Å². The van der Waals surface area contributed by atoms with E-state index in [9.17, 15) is 9.18 Å². The van der Waals surface area contributed by atoms with Crippen molar-refractivity contribution >= 4 is 5.97 Å². The molecule has 7 atom stereocenters. The fraction of sp³-hybridized carbons (Fsp3) is 0.559. The van der Waals surface area contributed by atoms with Gasteiger partial charge in [0.25, 0.3) is 0 Å². The summed E-state index contributed by atoms with van der Waals surface area (Å²) in [4.78, 5) is 15.7. The minimum Gasteiger partial charge on any atom is -0.493 e. The molecule has 0 amide bonds. The number of fused-ring (bicyclic) bond motifs is 3. The minimum atomic E-state index is -0.223. The molecule has 0 unspecified atom stereocenters. The Morgan fingerprint density at radius 1 is 1.10 bits per heavy atom. The lowest BCUT2D eigenvalue weighted by Crippen LogP contribution is -2.46. The second-order valence-electron chi connectivity index (χ2n) is 13.1. The summed E-state index contributed by atoms with van der Waals surface area (Å²) >= 11 is 0. The van der Waals surface area contributed by atoms with Crippen molar-refractivity contribution in [1.82, 2.24) is 4.90 Å². The van der Waals surface area contributed by atoms with Crippen LogP contribution in [0.1, 0.15) is 57.4 Å². The molecule has 2 aromatic rings. The first-order valence-electron chi connectivity index (χ1n) is 15.3. The van der Waals surface area contributed by atoms with Crippen molar-refractivity contribution < 1.29 is 28.1 Å². The zero-order valence-electron chi connectivity index (χ0n) is 24.0. The number of allylic oxidation sites excluding steroid dienone is 1. The Morgan fingerprint density at radius 3 is 2.78 bits per heavy atom. The van der Waals surface area contributed by atoms with E-state index in [1.807, 2.05) is 30.3 Å². The molecule has 0 N–H and O–H groups in total. The van der Waals surface area contributed by atoms with Crippen LogP contribution < -0.4 is 14.2 Å². The Morgan fingerprint density at radius 2 is 1.93 bits per heavy atom. The van der Waals surface area contributed by atoms with Crippen LogP contribution in [0.5, 0.6) is 17.2 Å². The molecule has 2 aliphatic carbocycles. The highest BCUT2D eigenvalue weighted by Gasteiger charge is 2.52. The molecule has 3 heterocycles. The predicted molar refractivity (Wildman–Crippen MR) is 152 cm³/mol. The van der Waals surface area contributed by atoms with Gasteiger partial charge in [-0.05, 0) is 79.3 Å². The van der Waals surface area contributed by atoms with Crippen LogP contribution in [0.2, 0.25) is 0 Å². The van der Waals surface area contributed by atoms with Crippen molar-refractivity contribution in [2.24, 2.45) is 29.1 Å². The van der Waals surface area contributed by atoms with E-state index in [1.165, 1.54) is 19.3 Å². The number of halogens is 1. The first-order valence-corrected chi connectivity index (χ1v) is 15.3. The fourth-order valence-electron chi connectivity index (χ4n) is 8.30. The van der Waals surface area contributed by atoms with Gasteiger partial charge in [0.05, 0.1) is 12.5 Å². The lowest BCUT2D eigenvalue weighted by atomic mass is 9.59. The van der Waals surface area contributed by atoms with Crippen LogP contribution in [0.3, 0.4) is 0 Å². The number of hydrogen-bond acceptors (Lipinski definition) is 6. The van der Waals surface area contributed by atoms with Crippen LogP contribution in [0.4, 0.5) is 4.39 Å². The van der Waals surface area contributed by atoms with Gasteiger partial charge < -0.3 is 23.8 Å². The van der Waals surface area contributed by atoms with E-state index < -0.39 is 0 Å². The maximum absolute atomic E-state index is 13.7. The maximum atomic E-state index is 13.7. The molecule has 3 aliphatic heterocycles. The van der Waals surface area contributed by atoms with Crippen LogP contribution >= 0.6 is 0 Å². The molecule has 41 heavy (non-hydrogen) atoms. The number of hydrogen-bond donors (Lipinski definition) is 0. The predicted octanol–water partition coefficient (Wildman–Crippen LogP) is 6.35. The maximum Gasteiger partial charge on any atom is 0.311 e. The Bertz CT molecular complexity index is 1330. The zero-order chi connectivity index (χ0) is 28.1. The molecule has 3 fully saturated rings. The third-order valence-electron chi connectivity index (χ3n) is 10.5. The molecular weight excluding hydrogens is 521 g/mol. The highest BCUT2D eigenvalue weighted by atomic mass is 19.1. The summed E-state index contributed by atoms with van der Waals surface area (Å²) in [6.45, 7) is 7.85. The largest absolute Gasteiger partial charge is 0.493 e. The van der Waals surface area contributed by atoms with E-state index in [-0.39, 0.29) is 53.8 Å². The minimum absolute atomic E-state index is 0.00607. The first-order chi connectivity index (χ1) is 19.9. The van der Waals surface area contributed by atoms with Gasteiger partial charge in [-0.15, -0.1) is 0 Å². The number of carbonyl (C=O) groups is 1. The second-order valence-corrected chi connectivity index (χ2v) is 13.1. The summed E-state index contributed by atoms with van der Waals surface area (Å²) in [5, 5.41) is 0. The molecule has 7 rings (SSSR count). The number of carbonyl (C=O) groups excluding carboxylic acids is 1. The number of esters is 1. The molecule has 2 saturated heterocycles. The topological polar surface area (TPSA) is 57.2 Å². The molecule has 0 radical (unpaired) electrons. The van der Waals surface area contributed by atoms with E-state index in [1.54, 1.807) is 17.7 Å². The lowest BCUT2D eigenvalue weighted by molar-refractivity contribution is -0.145. The van der Waals surface area contributed by atoms with E-state index in [4.69, 9.17) is 18.9 Å². The van der Waals surface area contributed by atoms with Crippen molar-refractivity contribution in [1.29, 1.82) is 0 Å². The molecule has 0 aromatic heterocycles. The standard InChI is InChI=1S/C34H40FNO5/c1-21-4-3-12-34(2)16-32-27(15-29(21)34)28(33(37)41-32)18-36-13-11-26(22-5-7-24(35)8-6-22)23(17-36)19-38-25-9-10-30-31(14-25)40-20-39-30/h5-10,14-15,21,23,26-28,32H,3-4,11-13,16-20H2,1-2H3/t21-,23-,26+,27+,28+,32+,34+/m0/s1. The van der Waals surface area contributed by atoms with Gasteiger partial charge in [0.2, 0.25) is 6.79 Å². The normalized spacial score (nSPS) is 34.4. The van der Waals surface area contributed by atoms with E-state index in [0.29, 0.717) is 24.8 Å². The van der Waals surface area contributed by atoms with Crippen LogP contribution in [-0.2, 0) is 9.53 Å². The number of ether oxygens (including phenoxy) is 4. The fourth-order valence-corrected chi connectivity index (χ4v) is 8.30. The lowest BCUT2D eigenvalue weighted by Gasteiger charge is -2.46. The van der Waals surface area contributed by atoms with Crippen LogP contribution in [-0.4, -0.2) is 50.0 Å². The zero-order valence-corrected chi connectivity index (χ0v) is 24.0. The number of likely N-dealkylation sites (tertiary alicyclic amines) is 1. The number of nitrogens with zero attached hydrogens (tertiary/aromatic N) is 1. The average molecular weight is 562 g/mol. The number of benzene rings is 2. The molecule has 1 saturated carbocycles. The Labute approximate surface area is 241 Å². The molecule has 5 aliphatic rings. The molecule has 218 valence electrons. The third-order valence-corrected chi connectivity index (χ3v) is 10.5. The Balaban J connectivity index is 1.08. The smallest absolute Gasteiger partial charge is 0.311 e. The molecule has 2 aromatic carbocycles. The monoisotopic (exact) mass is 561 g/mol. The van der Waals surface area contributed by atoms with Crippen molar-refractivity contribution in [3.63, 3.8) is 0 Å². The van der Waals surface area contributed by atoms with Crippen molar-refractivity contribution in [3.05, 3.63) is 65.5 Å². The first kappa shape index (κ1) is 26.8. The van der Waals surface area contributed by atoms with Gasteiger partial charge in [0, 0.05) is 31.0 Å². The second kappa shape index (κ2) is 10.6. The quantitative estimate of drug-likeness (QED) is 0.303. The van der Waals surface area contributed by atoms with Gasteiger partial charge >= 0.3 is 5.97 Å². The summed E-state index contributed by atoms with van der Waals surface area (Å²) in [5.74, 6) is 2.92. The van der Waals surface area contributed by atoms with Crippen LogP contribution in [0.15, 0.2) is 54.1 Å². The number of rotatable bonds is 6. The third kappa shape index (κ3) is 5.11. The van der Waals surface area contributed by atoms with E-state index >= 15 is 0 Å². The van der Waals surface area contributed by atoms with Gasteiger partial charge in [0.15, 0.2) is 11.5 Å². The summed E-state index contributed by atoms with van der Waals surface area (Å²) in [7, 11) is 0. The van der Waals surface area contributed by atoms with Gasteiger partial charge in [0.1, 0.15) is 17.7 Å². The Hall–Kier alpha value is -3.06. The molecule has 0 bridgehead atoms.